The SMILES string of the molecule is N/C=C(\C=NCc1cccc(C=O)c1)NC(=O)c1nccnc1N. The third-order valence-electron chi connectivity index (χ3n) is 2.97. The number of aldehydes is 1. The molecule has 1 amide bonds. The summed E-state index contributed by atoms with van der Waals surface area (Å²) in [5.74, 6) is -0.513. The van der Waals surface area contributed by atoms with E-state index in [1.54, 1.807) is 18.2 Å². The minimum Gasteiger partial charge on any atom is -0.403 e. The van der Waals surface area contributed by atoms with Gasteiger partial charge in [0.15, 0.2) is 11.5 Å². The van der Waals surface area contributed by atoms with Gasteiger partial charge in [0.05, 0.1) is 12.2 Å². The molecule has 0 aliphatic rings. The maximum atomic E-state index is 12.1. The number of carbonyl (C=O) groups excluding carboxylic acids is 2. The maximum Gasteiger partial charge on any atom is 0.278 e. The van der Waals surface area contributed by atoms with Gasteiger partial charge in [0.2, 0.25) is 0 Å². The number of hydrogen-bond acceptors (Lipinski definition) is 7. The number of hydrogen-bond donors (Lipinski definition) is 3. The number of aliphatic imine (C=N–C) groups is 1. The molecule has 0 spiro atoms. The number of anilines is 1. The van der Waals surface area contributed by atoms with Crippen molar-refractivity contribution in [2.45, 2.75) is 6.54 Å². The van der Waals surface area contributed by atoms with Crippen molar-refractivity contribution in [1.29, 1.82) is 0 Å². The van der Waals surface area contributed by atoms with E-state index < -0.39 is 5.91 Å². The monoisotopic (exact) mass is 324 g/mol. The van der Waals surface area contributed by atoms with Gasteiger partial charge in [0, 0.05) is 30.4 Å². The molecule has 1 aromatic heterocycles. The van der Waals surface area contributed by atoms with Crippen LogP contribution < -0.4 is 16.8 Å². The molecule has 0 fully saturated rings. The lowest BCUT2D eigenvalue weighted by molar-refractivity contribution is 0.0963. The summed E-state index contributed by atoms with van der Waals surface area (Å²) in [5, 5.41) is 2.54. The molecular weight excluding hydrogens is 308 g/mol. The minimum atomic E-state index is -0.535. The van der Waals surface area contributed by atoms with Gasteiger partial charge in [-0.1, -0.05) is 18.2 Å². The molecule has 8 heteroatoms. The summed E-state index contributed by atoms with van der Waals surface area (Å²) < 4.78 is 0. The van der Waals surface area contributed by atoms with Crippen LogP contribution in [-0.4, -0.2) is 28.4 Å². The van der Waals surface area contributed by atoms with Gasteiger partial charge in [-0.3, -0.25) is 14.6 Å². The molecule has 0 unspecified atom stereocenters. The average Bonchev–Trinajstić information content (AvgIpc) is 2.61. The quantitative estimate of drug-likeness (QED) is 0.528. The first-order valence-corrected chi connectivity index (χ1v) is 6.97. The number of nitrogen functional groups attached to an aromatic ring is 1. The van der Waals surface area contributed by atoms with Crippen LogP contribution in [-0.2, 0) is 6.54 Å². The predicted molar refractivity (Wildman–Crippen MR) is 90.2 cm³/mol. The third kappa shape index (κ3) is 4.47. The number of benzene rings is 1. The van der Waals surface area contributed by atoms with Crippen molar-refractivity contribution in [1.82, 2.24) is 15.3 Å². The highest BCUT2D eigenvalue weighted by Gasteiger charge is 2.12. The molecule has 0 saturated heterocycles. The first-order valence-electron chi connectivity index (χ1n) is 6.97. The van der Waals surface area contributed by atoms with Crippen LogP contribution >= 0.6 is 0 Å². The Kier molecular flexibility index (Phi) is 5.73. The Hall–Kier alpha value is -3.55. The van der Waals surface area contributed by atoms with Crippen LogP contribution in [0.3, 0.4) is 0 Å². The standard InChI is InChI=1S/C16H16N6O2/c17-7-13(22-16(24)14-15(18)21-5-4-20-14)9-19-8-11-2-1-3-12(6-11)10-23/h1-7,9-10H,8,17H2,(H2,18,21)(H,22,24)/b13-7+,19-9?. The van der Waals surface area contributed by atoms with E-state index in [0.717, 1.165) is 11.8 Å². The van der Waals surface area contributed by atoms with Gasteiger partial charge in [-0.05, 0) is 11.6 Å². The molecular formula is C16H16N6O2. The van der Waals surface area contributed by atoms with Crippen molar-refractivity contribution in [3.8, 4) is 0 Å². The molecule has 1 aromatic carbocycles. The van der Waals surface area contributed by atoms with Crippen LogP contribution in [0, 0.1) is 0 Å². The normalized spacial score (nSPS) is 11.4. The van der Waals surface area contributed by atoms with Gasteiger partial charge in [-0.15, -0.1) is 0 Å². The number of nitrogens with one attached hydrogen (secondary N) is 1. The zero-order valence-corrected chi connectivity index (χ0v) is 12.7. The first-order chi connectivity index (χ1) is 11.6. The van der Waals surface area contributed by atoms with E-state index in [0.29, 0.717) is 12.1 Å². The Labute approximate surface area is 138 Å². The van der Waals surface area contributed by atoms with Gasteiger partial charge in [-0.25, -0.2) is 9.97 Å². The fourth-order valence-corrected chi connectivity index (χ4v) is 1.85. The number of carbonyl (C=O) groups is 2. The summed E-state index contributed by atoms with van der Waals surface area (Å²) in [4.78, 5) is 34.6. The second-order valence-corrected chi connectivity index (χ2v) is 4.70. The number of aromatic nitrogens is 2. The zero-order chi connectivity index (χ0) is 17.4. The predicted octanol–water partition coefficient (Wildman–Crippen LogP) is 0.672. The molecule has 8 nitrogen and oxygen atoms in total. The smallest absolute Gasteiger partial charge is 0.278 e. The number of nitrogens with zero attached hydrogens (tertiary/aromatic N) is 3. The molecule has 24 heavy (non-hydrogen) atoms. The molecule has 5 N–H and O–H groups in total. The van der Waals surface area contributed by atoms with E-state index >= 15 is 0 Å². The highest BCUT2D eigenvalue weighted by molar-refractivity contribution is 6.00. The van der Waals surface area contributed by atoms with E-state index in [1.165, 1.54) is 24.8 Å². The number of allylic oxidation sites excluding steroid dienone is 1. The van der Waals surface area contributed by atoms with E-state index in [2.05, 4.69) is 20.3 Å². The molecule has 122 valence electrons. The Morgan fingerprint density at radius 2 is 2.08 bits per heavy atom. The van der Waals surface area contributed by atoms with Crippen molar-refractivity contribution in [2.75, 3.05) is 5.73 Å². The number of amides is 1. The van der Waals surface area contributed by atoms with Crippen LogP contribution in [0.4, 0.5) is 5.82 Å². The van der Waals surface area contributed by atoms with Gasteiger partial charge < -0.3 is 16.8 Å². The van der Waals surface area contributed by atoms with Crippen LogP contribution in [0.1, 0.15) is 26.4 Å². The van der Waals surface area contributed by atoms with Crippen LogP contribution in [0.25, 0.3) is 0 Å². The van der Waals surface area contributed by atoms with Crippen molar-refractivity contribution < 1.29 is 9.59 Å². The summed E-state index contributed by atoms with van der Waals surface area (Å²) in [5.41, 5.74) is 12.8. The Morgan fingerprint density at radius 1 is 1.29 bits per heavy atom. The second kappa shape index (κ2) is 8.18. The minimum absolute atomic E-state index is 0.00364. The zero-order valence-electron chi connectivity index (χ0n) is 12.7. The number of nitrogens with two attached hydrogens (primary N) is 2. The molecule has 2 rings (SSSR count). The lowest BCUT2D eigenvalue weighted by Crippen LogP contribution is -2.26. The summed E-state index contributed by atoms with van der Waals surface area (Å²) in [6, 6.07) is 7.05. The molecule has 0 radical (unpaired) electrons. The van der Waals surface area contributed by atoms with Gasteiger partial charge in [-0.2, -0.15) is 0 Å². The fourth-order valence-electron chi connectivity index (χ4n) is 1.85. The molecule has 0 aliphatic heterocycles. The lowest BCUT2D eigenvalue weighted by Gasteiger charge is -2.05. The molecule has 0 aliphatic carbocycles. The van der Waals surface area contributed by atoms with Crippen LogP contribution in [0.2, 0.25) is 0 Å². The van der Waals surface area contributed by atoms with Crippen LogP contribution in [0.15, 0.2) is 53.5 Å². The summed E-state index contributed by atoms with van der Waals surface area (Å²) in [6.45, 7) is 0.335. The highest BCUT2D eigenvalue weighted by atomic mass is 16.2. The molecule has 1 heterocycles. The van der Waals surface area contributed by atoms with E-state index in [9.17, 15) is 9.59 Å². The lowest BCUT2D eigenvalue weighted by atomic mass is 10.1. The van der Waals surface area contributed by atoms with Crippen molar-refractivity contribution >= 4 is 24.2 Å². The van der Waals surface area contributed by atoms with E-state index in [-0.39, 0.29) is 17.2 Å². The Balaban J connectivity index is 2.00. The van der Waals surface area contributed by atoms with Gasteiger partial charge in [0.25, 0.3) is 5.91 Å². The van der Waals surface area contributed by atoms with Crippen molar-refractivity contribution in [3.63, 3.8) is 0 Å². The van der Waals surface area contributed by atoms with E-state index in [1.807, 2.05) is 6.07 Å². The summed E-state index contributed by atoms with van der Waals surface area (Å²) in [6.07, 6.45) is 6.14. The molecule has 2 aromatic rings. The fraction of sp³-hybridized carbons (Fsp3) is 0.0625. The Morgan fingerprint density at radius 3 is 2.79 bits per heavy atom. The van der Waals surface area contributed by atoms with Crippen LogP contribution in [0.5, 0.6) is 0 Å². The van der Waals surface area contributed by atoms with Gasteiger partial charge >= 0.3 is 0 Å². The second-order valence-electron chi connectivity index (χ2n) is 4.70. The molecule has 0 saturated carbocycles. The average molecular weight is 324 g/mol. The topological polar surface area (TPSA) is 136 Å². The summed E-state index contributed by atoms with van der Waals surface area (Å²) >= 11 is 0. The van der Waals surface area contributed by atoms with E-state index in [4.69, 9.17) is 11.5 Å². The first kappa shape index (κ1) is 16.8. The van der Waals surface area contributed by atoms with Gasteiger partial charge in [0.1, 0.15) is 6.29 Å². The van der Waals surface area contributed by atoms with Crippen molar-refractivity contribution in [2.24, 2.45) is 10.7 Å². The maximum absolute atomic E-state index is 12.1. The third-order valence-corrected chi connectivity index (χ3v) is 2.97. The number of rotatable bonds is 6. The van der Waals surface area contributed by atoms with Crippen molar-refractivity contribution in [3.05, 3.63) is 65.4 Å². The highest BCUT2D eigenvalue weighted by Crippen LogP contribution is 2.05. The Bertz CT molecular complexity index is 801. The summed E-state index contributed by atoms with van der Waals surface area (Å²) in [7, 11) is 0. The molecule has 0 bridgehead atoms. The molecule has 0 atom stereocenters. The largest absolute Gasteiger partial charge is 0.403 e.